The minimum absolute atomic E-state index is 0.186. The van der Waals surface area contributed by atoms with Crippen LogP contribution in [0.3, 0.4) is 0 Å². The zero-order chi connectivity index (χ0) is 8.01. The van der Waals surface area contributed by atoms with E-state index < -0.39 is 0 Å². The second kappa shape index (κ2) is 2.44. The van der Waals surface area contributed by atoms with Crippen LogP contribution in [0, 0.1) is 0 Å². The molecule has 1 N–H and O–H groups in total. The number of hydrogen-bond acceptors (Lipinski definition) is 3. The van der Waals surface area contributed by atoms with Crippen LogP contribution in [0.5, 0.6) is 0 Å². The molecule has 0 bridgehead atoms. The minimum atomic E-state index is -0.186. The van der Waals surface area contributed by atoms with E-state index in [0.29, 0.717) is 12.2 Å². The lowest BCUT2D eigenvalue weighted by molar-refractivity contribution is 0.0488. The summed E-state index contributed by atoms with van der Waals surface area (Å²) >= 11 is 0. The fraction of sp³-hybridized carbons (Fsp3) is 1.00. The quantitative estimate of drug-likeness (QED) is 0.537. The van der Waals surface area contributed by atoms with Gasteiger partial charge in [0.05, 0.1) is 18.2 Å². The van der Waals surface area contributed by atoms with E-state index in [0.717, 1.165) is 12.8 Å². The highest BCUT2D eigenvalue weighted by Gasteiger charge is 2.51. The molecule has 11 heavy (non-hydrogen) atoms. The molecule has 2 aliphatic rings. The average Bonchev–Trinajstić information content (AvgIpc) is 2.64. The summed E-state index contributed by atoms with van der Waals surface area (Å²) in [6, 6.07) is 0.230. The van der Waals surface area contributed by atoms with Crippen molar-refractivity contribution in [1.29, 1.82) is 0 Å². The highest BCUT2D eigenvalue weighted by Crippen LogP contribution is 2.38. The first kappa shape index (κ1) is 7.53. The lowest BCUT2D eigenvalue weighted by atomic mass is 9.92. The van der Waals surface area contributed by atoms with Crippen molar-refractivity contribution in [3.8, 4) is 0 Å². The monoisotopic (exact) mass is 157 g/mol. The van der Waals surface area contributed by atoms with E-state index in [1.165, 1.54) is 0 Å². The fourth-order valence-electron chi connectivity index (χ4n) is 2.05. The highest BCUT2D eigenvalue weighted by molar-refractivity contribution is 5.02. The number of aliphatic hydroxyl groups is 1. The fourth-order valence-corrected chi connectivity index (χ4v) is 2.05. The molecule has 1 aliphatic carbocycles. The summed E-state index contributed by atoms with van der Waals surface area (Å²) in [6.07, 6.45) is 2.51. The number of aliphatic hydroxyl groups excluding tert-OH is 1. The Morgan fingerprint density at radius 3 is 2.64 bits per heavy atom. The van der Waals surface area contributed by atoms with Crippen LogP contribution in [0.15, 0.2) is 0 Å². The molecule has 1 heterocycles. The van der Waals surface area contributed by atoms with E-state index in [2.05, 4.69) is 4.90 Å². The van der Waals surface area contributed by atoms with Gasteiger partial charge in [0.25, 0.3) is 0 Å². The Balaban J connectivity index is 2.04. The van der Waals surface area contributed by atoms with Crippen LogP contribution in [0.4, 0.5) is 0 Å². The van der Waals surface area contributed by atoms with Gasteiger partial charge in [-0.2, -0.15) is 0 Å². The first-order valence-corrected chi connectivity index (χ1v) is 4.20. The molecule has 2 rings (SSSR count). The summed E-state index contributed by atoms with van der Waals surface area (Å²) in [4.78, 5) is 2.06. The largest absolute Gasteiger partial charge is 0.391 e. The maximum absolute atomic E-state index is 9.61. The molecule has 0 aromatic carbocycles. The summed E-state index contributed by atoms with van der Waals surface area (Å²) < 4.78 is 5.42. The van der Waals surface area contributed by atoms with Gasteiger partial charge in [0, 0.05) is 0 Å². The van der Waals surface area contributed by atoms with Gasteiger partial charge in [-0.1, -0.05) is 0 Å². The van der Waals surface area contributed by atoms with Crippen LogP contribution in [0.1, 0.15) is 12.8 Å². The smallest absolute Gasteiger partial charge is 0.102 e. The number of hydrogen-bond donors (Lipinski definition) is 1. The molecule has 1 saturated heterocycles. The summed E-state index contributed by atoms with van der Waals surface area (Å²) in [7, 11) is 4.00. The maximum atomic E-state index is 9.61. The molecule has 1 aliphatic heterocycles. The predicted octanol–water partition coefficient (Wildman–Crippen LogP) is -0.161. The molecule has 64 valence electrons. The molecule has 1 saturated carbocycles. The molecule has 0 aromatic heterocycles. The Bertz CT molecular complexity index is 158. The van der Waals surface area contributed by atoms with Crippen molar-refractivity contribution < 1.29 is 9.84 Å². The molecule has 2 fully saturated rings. The summed E-state index contributed by atoms with van der Waals surface area (Å²) in [5.74, 6) is 0. The van der Waals surface area contributed by atoms with Crippen molar-refractivity contribution in [2.75, 3.05) is 14.1 Å². The SMILES string of the molecule is CN(C)C1C(O)CCC2OC21. The van der Waals surface area contributed by atoms with Crippen LogP contribution >= 0.6 is 0 Å². The van der Waals surface area contributed by atoms with E-state index in [1.54, 1.807) is 0 Å². The third-order valence-electron chi connectivity index (χ3n) is 2.70. The molecular weight excluding hydrogens is 142 g/mol. The normalized spacial score (nSPS) is 49.1. The Labute approximate surface area is 66.9 Å². The Morgan fingerprint density at radius 2 is 2.09 bits per heavy atom. The van der Waals surface area contributed by atoms with Gasteiger partial charge in [-0.05, 0) is 26.9 Å². The second-order valence-electron chi connectivity index (χ2n) is 3.74. The Kier molecular flexibility index (Phi) is 1.67. The van der Waals surface area contributed by atoms with E-state index in [9.17, 15) is 5.11 Å². The van der Waals surface area contributed by atoms with Gasteiger partial charge in [0.15, 0.2) is 0 Å². The number of likely N-dealkylation sites (N-methyl/N-ethyl adjacent to an activating group) is 1. The molecule has 4 atom stereocenters. The Hall–Kier alpha value is -0.120. The van der Waals surface area contributed by atoms with Crippen LogP contribution in [-0.4, -0.2) is 48.5 Å². The van der Waals surface area contributed by atoms with E-state index in [4.69, 9.17) is 4.74 Å². The lowest BCUT2D eigenvalue weighted by Crippen LogP contribution is -2.46. The van der Waals surface area contributed by atoms with Crippen LogP contribution in [0.25, 0.3) is 0 Å². The van der Waals surface area contributed by atoms with Crippen molar-refractivity contribution in [1.82, 2.24) is 4.90 Å². The number of ether oxygens (including phenoxy) is 1. The first-order valence-electron chi connectivity index (χ1n) is 4.20. The molecule has 0 spiro atoms. The highest BCUT2D eigenvalue weighted by atomic mass is 16.6. The van der Waals surface area contributed by atoms with Crippen molar-refractivity contribution in [3.05, 3.63) is 0 Å². The third-order valence-corrected chi connectivity index (χ3v) is 2.70. The molecule has 0 aromatic rings. The van der Waals surface area contributed by atoms with Crippen molar-refractivity contribution in [2.24, 2.45) is 0 Å². The maximum Gasteiger partial charge on any atom is 0.102 e. The first-order chi connectivity index (χ1) is 5.20. The number of rotatable bonds is 1. The predicted molar refractivity (Wildman–Crippen MR) is 41.4 cm³/mol. The van der Waals surface area contributed by atoms with Crippen molar-refractivity contribution >= 4 is 0 Å². The summed E-state index contributed by atoms with van der Waals surface area (Å²) in [5.41, 5.74) is 0. The summed E-state index contributed by atoms with van der Waals surface area (Å²) in [6.45, 7) is 0. The van der Waals surface area contributed by atoms with Gasteiger partial charge >= 0.3 is 0 Å². The van der Waals surface area contributed by atoms with Gasteiger partial charge in [-0.15, -0.1) is 0 Å². The lowest BCUT2D eigenvalue weighted by Gasteiger charge is -2.30. The van der Waals surface area contributed by atoms with Gasteiger partial charge in [-0.3, -0.25) is 0 Å². The number of nitrogens with zero attached hydrogens (tertiary/aromatic N) is 1. The van der Waals surface area contributed by atoms with Gasteiger partial charge < -0.3 is 14.7 Å². The zero-order valence-corrected chi connectivity index (χ0v) is 7.03. The van der Waals surface area contributed by atoms with Crippen molar-refractivity contribution in [2.45, 2.75) is 37.2 Å². The van der Waals surface area contributed by atoms with Gasteiger partial charge in [0.2, 0.25) is 0 Å². The second-order valence-corrected chi connectivity index (χ2v) is 3.74. The minimum Gasteiger partial charge on any atom is -0.391 e. The third kappa shape index (κ3) is 1.17. The zero-order valence-electron chi connectivity index (χ0n) is 7.03. The molecular formula is C8H15NO2. The van der Waals surface area contributed by atoms with Gasteiger partial charge in [-0.25, -0.2) is 0 Å². The van der Waals surface area contributed by atoms with Crippen LogP contribution < -0.4 is 0 Å². The number of fused-ring (bicyclic) bond motifs is 1. The van der Waals surface area contributed by atoms with E-state index in [1.807, 2.05) is 14.1 Å². The van der Waals surface area contributed by atoms with E-state index in [-0.39, 0.29) is 12.1 Å². The average molecular weight is 157 g/mol. The topological polar surface area (TPSA) is 36.0 Å². The van der Waals surface area contributed by atoms with Crippen molar-refractivity contribution in [3.63, 3.8) is 0 Å². The summed E-state index contributed by atoms with van der Waals surface area (Å²) in [5, 5.41) is 9.61. The van der Waals surface area contributed by atoms with Crippen LogP contribution in [0.2, 0.25) is 0 Å². The van der Waals surface area contributed by atoms with E-state index >= 15 is 0 Å². The van der Waals surface area contributed by atoms with Gasteiger partial charge in [0.1, 0.15) is 6.10 Å². The standard InChI is InChI=1S/C8H15NO2/c1-9(2)7-5(10)3-4-6-8(7)11-6/h5-8,10H,3-4H2,1-2H3. The Morgan fingerprint density at radius 1 is 1.36 bits per heavy atom. The molecule has 3 nitrogen and oxygen atoms in total. The molecule has 4 unspecified atom stereocenters. The molecule has 0 amide bonds. The molecule has 0 radical (unpaired) electrons. The van der Waals surface area contributed by atoms with Crippen LogP contribution in [-0.2, 0) is 4.74 Å². The number of epoxide rings is 1. The molecule has 3 heteroatoms.